The van der Waals surface area contributed by atoms with Crippen molar-refractivity contribution in [3.8, 4) is 0 Å². The third kappa shape index (κ3) is 2.35. The quantitative estimate of drug-likeness (QED) is 0.498. The van der Waals surface area contributed by atoms with Gasteiger partial charge in [0.15, 0.2) is 0 Å². The van der Waals surface area contributed by atoms with Gasteiger partial charge < -0.3 is 5.73 Å². The maximum Gasteiger partial charge on any atom is 0.0778 e. The minimum atomic E-state index is -0.840. The highest BCUT2D eigenvalue weighted by Crippen LogP contribution is 1.76. The molecule has 0 aromatic rings. The van der Waals surface area contributed by atoms with E-state index < -0.39 is 10.8 Å². The van der Waals surface area contributed by atoms with Crippen molar-refractivity contribution >= 4 is 10.8 Å². The van der Waals surface area contributed by atoms with Gasteiger partial charge in [-0.25, -0.2) is 0 Å². The molecule has 2 atom stereocenters. The summed E-state index contributed by atoms with van der Waals surface area (Å²) < 4.78 is 10.1. The summed E-state index contributed by atoms with van der Waals surface area (Å²) >= 11 is 0. The molecule has 2 N–H and O–H groups in total. The Balaban J connectivity index is 3.26. The van der Waals surface area contributed by atoms with Gasteiger partial charge in [-0.3, -0.25) is 4.21 Å². The molecule has 0 heterocycles. The molecule has 0 saturated carbocycles. The number of nitrogens with two attached hydrogens (primary N) is 1. The van der Waals surface area contributed by atoms with E-state index in [2.05, 4.69) is 0 Å². The highest BCUT2D eigenvalue weighted by molar-refractivity contribution is 7.84. The van der Waals surface area contributed by atoms with Crippen molar-refractivity contribution in [1.29, 1.82) is 0 Å². The molecule has 0 aliphatic rings. The second kappa shape index (κ2) is 2.31. The van der Waals surface area contributed by atoms with E-state index in [1.54, 1.807) is 13.2 Å². The van der Waals surface area contributed by atoms with Crippen LogP contribution in [0.3, 0.4) is 0 Å². The van der Waals surface area contributed by atoms with E-state index in [9.17, 15) is 4.21 Å². The SMILES string of the molecule is CC(N)S(C)=O. The molecule has 0 amide bonds. The Bertz CT molecular complexity index is 61.8. The van der Waals surface area contributed by atoms with E-state index in [1.165, 1.54) is 0 Å². The summed E-state index contributed by atoms with van der Waals surface area (Å²) in [5, 5.41) is -0.176. The molecule has 0 aliphatic carbocycles. The predicted octanol–water partition coefficient (Wildman–Crippen LogP) is -0.330. The van der Waals surface area contributed by atoms with Gasteiger partial charge in [-0.15, -0.1) is 0 Å². The zero-order valence-corrected chi connectivity index (χ0v) is 4.79. The number of hydrogen-bond acceptors (Lipinski definition) is 2. The van der Waals surface area contributed by atoms with Crippen molar-refractivity contribution in [3.63, 3.8) is 0 Å². The maximum absolute atomic E-state index is 10.1. The van der Waals surface area contributed by atoms with Crippen LogP contribution in [-0.2, 0) is 10.8 Å². The van der Waals surface area contributed by atoms with E-state index in [-0.39, 0.29) is 5.37 Å². The molecule has 0 bridgehead atoms. The molecule has 3 heteroatoms. The third-order valence-electron chi connectivity index (χ3n) is 0.524. The fraction of sp³-hybridized carbons (Fsp3) is 1.00. The van der Waals surface area contributed by atoms with Crippen molar-refractivity contribution in [3.05, 3.63) is 0 Å². The zero-order valence-electron chi connectivity index (χ0n) is 3.97. The Kier molecular flexibility index (Phi) is 2.35. The number of hydrogen-bond donors (Lipinski definition) is 1. The van der Waals surface area contributed by atoms with E-state index >= 15 is 0 Å². The highest BCUT2D eigenvalue weighted by atomic mass is 32.2. The molecule has 0 aromatic carbocycles. The van der Waals surface area contributed by atoms with Gasteiger partial charge in [0.05, 0.1) is 5.37 Å². The van der Waals surface area contributed by atoms with Crippen molar-refractivity contribution in [2.24, 2.45) is 5.73 Å². The second-order valence-electron chi connectivity index (χ2n) is 1.20. The fourth-order valence-electron chi connectivity index (χ4n) is 0. The monoisotopic (exact) mass is 107 g/mol. The van der Waals surface area contributed by atoms with Gasteiger partial charge in [0.1, 0.15) is 0 Å². The van der Waals surface area contributed by atoms with Crippen LogP contribution in [0.1, 0.15) is 6.92 Å². The molecule has 0 aliphatic heterocycles. The fourth-order valence-corrected chi connectivity index (χ4v) is 0. The van der Waals surface area contributed by atoms with Gasteiger partial charge >= 0.3 is 0 Å². The Morgan fingerprint density at radius 3 is 2.00 bits per heavy atom. The standard InChI is InChI=1S/C3H9NOS/c1-3(4)6(2)5/h3H,4H2,1-2H3. The topological polar surface area (TPSA) is 43.1 Å². The van der Waals surface area contributed by atoms with Gasteiger partial charge in [0.2, 0.25) is 0 Å². The van der Waals surface area contributed by atoms with Crippen molar-refractivity contribution in [2.75, 3.05) is 6.26 Å². The summed E-state index contributed by atoms with van der Waals surface area (Å²) in [6.45, 7) is 1.72. The highest BCUT2D eigenvalue weighted by Gasteiger charge is 1.92. The first-order valence-electron chi connectivity index (χ1n) is 1.72. The van der Waals surface area contributed by atoms with Gasteiger partial charge in [-0.05, 0) is 6.92 Å². The van der Waals surface area contributed by atoms with Gasteiger partial charge in [0.25, 0.3) is 0 Å². The van der Waals surface area contributed by atoms with Gasteiger partial charge in [0, 0.05) is 17.1 Å². The first-order chi connectivity index (χ1) is 2.64. The van der Waals surface area contributed by atoms with Crippen LogP contribution in [0.2, 0.25) is 0 Å². The van der Waals surface area contributed by atoms with Crippen LogP contribution in [0.25, 0.3) is 0 Å². The molecule has 38 valence electrons. The van der Waals surface area contributed by atoms with E-state index in [4.69, 9.17) is 5.73 Å². The Morgan fingerprint density at radius 2 is 2.00 bits per heavy atom. The minimum Gasteiger partial charge on any atom is -0.317 e. The van der Waals surface area contributed by atoms with Crippen LogP contribution in [0.5, 0.6) is 0 Å². The summed E-state index contributed by atoms with van der Waals surface area (Å²) in [6, 6.07) is 0. The van der Waals surface area contributed by atoms with Gasteiger partial charge in [-0.1, -0.05) is 0 Å². The van der Waals surface area contributed by atoms with Crippen LogP contribution in [-0.4, -0.2) is 15.8 Å². The molecule has 0 rings (SSSR count). The third-order valence-corrected chi connectivity index (χ3v) is 1.57. The van der Waals surface area contributed by atoms with Crippen LogP contribution < -0.4 is 5.73 Å². The van der Waals surface area contributed by atoms with Crippen LogP contribution in [0, 0.1) is 0 Å². The van der Waals surface area contributed by atoms with Crippen molar-refractivity contribution < 1.29 is 4.21 Å². The maximum atomic E-state index is 10.1. The van der Waals surface area contributed by atoms with Crippen molar-refractivity contribution in [1.82, 2.24) is 0 Å². The summed E-state index contributed by atoms with van der Waals surface area (Å²) in [7, 11) is -0.840. The predicted molar refractivity (Wildman–Crippen MR) is 27.7 cm³/mol. The Hall–Kier alpha value is 0.110. The summed E-state index contributed by atoms with van der Waals surface area (Å²) in [6.07, 6.45) is 1.59. The second-order valence-corrected chi connectivity index (χ2v) is 2.94. The molecule has 2 unspecified atom stereocenters. The Labute approximate surface area is 40.2 Å². The van der Waals surface area contributed by atoms with Crippen LogP contribution >= 0.6 is 0 Å². The molecular weight excluding hydrogens is 98.1 g/mol. The Morgan fingerprint density at radius 1 is 1.83 bits per heavy atom. The molecule has 0 saturated heterocycles. The van der Waals surface area contributed by atoms with E-state index in [0.29, 0.717) is 0 Å². The average molecular weight is 107 g/mol. The molecule has 0 spiro atoms. The minimum absolute atomic E-state index is 0.176. The molecule has 2 nitrogen and oxygen atoms in total. The number of rotatable bonds is 1. The van der Waals surface area contributed by atoms with Crippen LogP contribution in [0.4, 0.5) is 0 Å². The molecule has 0 radical (unpaired) electrons. The van der Waals surface area contributed by atoms with E-state index in [1.807, 2.05) is 0 Å². The summed E-state index contributed by atoms with van der Waals surface area (Å²) in [5.41, 5.74) is 5.14. The molecule has 6 heavy (non-hydrogen) atoms. The van der Waals surface area contributed by atoms with Crippen molar-refractivity contribution in [2.45, 2.75) is 12.3 Å². The smallest absolute Gasteiger partial charge is 0.0778 e. The first-order valence-corrected chi connectivity index (χ1v) is 3.34. The first kappa shape index (κ1) is 6.11. The lowest BCUT2D eigenvalue weighted by molar-refractivity contribution is 0.679. The molecular formula is C3H9NOS. The average Bonchev–Trinajstić information content (AvgIpc) is 1.36. The largest absolute Gasteiger partial charge is 0.317 e. The van der Waals surface area contributed by atoms with Gasteiger partial charge in [-0.2, -0.15) is 0 Å². The lowest BCUT2D eigenvalue weighted by Crippen LogP contribution is -2.19. The molecule has 0 fully saturated rings. The van der Waals surface area contributed by atoms with E-state index in [0.717, 1.165) is 0 Å². The van der Waals surface area contributed by atoms with Crippen LogP contribution in [0.15, 0.2) is 0 Å². The lowest BCUT2D eigenvalue weighted by atomic mass is 10.8. The normalized spacial score (nSPS) is 19.8. The summed E-state index contributed by atoms with van der Waals surface area (Å²) in [4.78, 5) is 0. The summed E-state index contributed by atoms with van der Waals surface area (Å²) in [5.74, 6) is 0. The zero-order chi connectivity index (χ0) is 5.15. The molecule has 0 aromatic heterocycles. The lowest BCUT2D eigenvalue weighted by Gasteiger charge is -1.93.